The van der Waals surface area contributed by atoms with Gasteiger partial charge in [-0.25, -0.2) is 8.42 Å². The third-order valence-corrected chi connectivity index (χ3v) is 7.22. The summed E-state index contributed by atoms with van der Waals surface area (Å²) in [5.74, 6) is -0.189. The minimum atomic E-state index is -3.99. The summed E-state index contributed by atoms with van der Waals surface area (Å²) < 4.78 is 32.3. The molecule has 0 rings (SSSR count). The van der Waals surface area contributed by atoms with E-state index in [0.29, 0.717) is 6.42 Å². The largest absolute Gasteiger partial charge is 0.748 e. The average molecular weight is 506 g/mol. The number of rotatable bonds is 24. The second kappa shape index (κ2) is 25.9. The van der Waals surface area contributed by atoms with Crippen LogP contribution in [0.5, 0.6) is 0 Å². The normalized spacial score (nSPS) is 11.9. The number of hydrogen-bond acceptors (Lipinski definition) is 3. The van der Waals surface area contributed by atoms with Gasteiger partial charge in [-0.3, -0.25) is 0 Å². The Morgan fingerprint density at radius 3 is 1.00 bits per heavy atom. The summed E-state index contributed by atoms with van der Waals surface area (Å²) in [6, 6.07) is 0. The molecule has 0 unspecified atom stereocenters. The molecule has 0 fully saturated rings. The highest BCUT2D eigenvalue weighted by molar-refractivity contribution is 7.85. The number of nitrogens with zero attached hydrogens (tertiary/aromatic N) is 1. The van der Waals surface area contributed by atoms with Gasteiger partial charge in [0.15, 0.2) is 0 Å². The van der Waals surface area contributed by atoms with Crippen molar-refractivity contribution in [3.05, 3.63) is 0 Å². The van der Waals surface area contributed by atoms with E-state index in [1.165, 1.54) is 129 Å². The van der Waals surface area contributed by atoms with E-state index in [2.05, 4.69) is 35.0 Å². The van der Waals surface area contributed by atoms with Crippen molar-refractivity contribution in [2.24, 2.45) is 0 Å². The molecule has 0 amide bonds. The molecular formula is C29H63NO3S. The van der Waals surface area contributed by atoms with Crippen molar-refractivity contribution in [1.29, 1.82) is 0 Å². The van der Waals surface area contributed by atoms with Crippen LogP contribution < -0.4 is 0 Å². The molecule has 0 N–H and O–H groups in total. The predicted octanol–water partition coefficient (Wildman–Crippen LogP) is 8.85. The Hall–Kier alpha value is -0.130. The van der Waals surface area contributed by atoms with Gasteiger partial charge in [-0.2, -0.15) is 0 Å². The van der Waals surface area contributed by atoms with Crippen LogP contribution in [0.1, 0.15) is 155 Å². The van der Waals surface area contributed by atoms with Crippen molar-refractivity contribution in [2.45, 2.75) is 155 Å². The quantitative estimate of drug-likeness (QED) is 0.0747. The fraction of sp³-hybridized carbons (Fsp3) is 1.00. The zero-order valence-corrected chi connectivity index (χ0v) is 24.9. The van der Waals surface area contributed by atoms with E-state index < -0.39 is 10.1 Å². The summed E-state index contributed by atoms with van der Waals surface area (Å²) in [6.07, 6.45) is 28.6. The summed E-state index contributed by atoms with van der Waals surface area (Å²) in [7, 11) is 2.85. The molecule has 0 aromatic carbocycles. The lowest BCUT2D eigenvalue weighted by Crippen LogP contribution is -2.35. The van der Waals surface area contributed by atoms with E-state index in [4.69, 9.17) is 0 Å². The molecule has 4 nitrogen and oxygen atoms in total. The monoisotopic (exact) mass is 505 g/mol. The van der Waals surface area contributed by atoms with Gasteiger partial charge in [0.25, 0.3) is 0 Å². The van der Waals surface area contributed by atoms with E-state index in [1.54, 1.807) is 0 Å². The summed E-state index contributed by atoms with van der Waals surface area (Å²) in [6.45, 7) is 5.86. The first-order valence-electron chi connectivity index (χ1n) is 14.9. The molecule has 0 aromatic heterocycles. The molecule has 0 aliphatic carbocycles. The van der Waals surface area contributed by atoms with Gasteiger partial charge in [0.05, 0.1) is 37.8 Å². The smallest absolute Gasteiger partial charge is 0.0945 e. The molecule has 0 radical (unpaired) electrons. The van der Waals surface area contributed by atoms with Crippen LogP contribution in [0.15, 0.2) is 0 Å². The molecule has 34 heavy (non-hydrogen) atoms. The van der Waals surface area contributed by atoms with E-state index in [9.17, 15) is 13.0 Å². The Labute approximate surface area is 216 Å². The Morgan fingerprint density at radius 2 is 0.735 bits per heavy atom. The van der Waals surface area contributed by atoms with Gasteiger partial charge in [0.1, 0.15) is 0 Å². The van der Waals surface area contributed by atoms with Crippen LogP contribution in [-0.4, -0.2) is 50.9 Å². The molecule has 0 saturated heterocycles. The molecule has 0 aliphatic heterocycles. The van der Waals surface area contributed by atoms with Crippen LogP contribution >= 0.6 is 0 Å². The van der Waals surface area contributed by atoms with Crippen molar-refractivity contribution < 1.29 is 17.5 Å². The van der Waals surface area contributed by atoms with E-state index >= 15 is 0 Å². The third kappa shape index (κ3) is 39.1. The lowest BCUT2D eigenvalue weighted by atomic mass is 10.0. The van der Waals surface area contributed by atoms with Crippen LogP contribution in [0.3, 0.4) is 0 Å². The van der Waals surface area contributed by atoms with Gasteiger partial charge < -0.3 is 9.04 Å². The maximum atomic E-state index is 10.4. The highest BCUT2D eigenvalue weighted by Gasteiger charge is 2.04. The maximum absolute atomic E-state index is 10.4. The molecule has 0 atom stereocenters. The van der Waals surface area contributed by atoms with Gasteiger partial charge in [0, 0.05) is 5.75 Å². The van der Waals surface area contributed by atoms with Crippen molar-refractivity contribution in [3.63, 3.8) is 0 Å². The summed E-state index contributed by atoms with van der Waals surface area (Å²) >= 11 is 0. The Morgan fingerprint density at radius 1 is 0.471 bits per heavy atom. The van der Waals surface area contributed by atoms with Crippen LogP contribution in [0.4, 0.5) is 0 Å². The minimum absolute atomic E-state index is 0.189. The average Bonchev–Trinajstić information content (AvgIpc) is 2.75. The summed E-state index contributed by atoms with van der Waals surface area (Å²) in [5, 5.41) is 0. The van der Waals surface area contributed by atoms with Crippen molar-refractivity contribution in [3.8, 4) is 0 Å². The third-order valence-electron chi connectivity index (χ3n) is 6.43. The zero-order chi connectivity index (χ0) is 26.0. The Kier molecular flexibility index (Phi) is 27.5. The molecule has 0 heterocycles. The van der Waals surface area contributed by atoms with Gasteiger partial charge in [-0.05, 0) is 19.3 Å². The fourth-order valence-corrected chi connectivity index (χ4v) is 4.75. The second-order valence-electron chi connectivity index (χ2n) is 11.3. The minimum Gasteiger partial charge on any atom is -0.748 e. The van der Waals surface area contributed by atoms with Crippen LogP contribution in [0.25, 0.3) is 0 Å². The lowest BCUT2D eigenvalue weighted by molar-refractivity contribution is -0.870. The standard InChI is InChI=1S/C16H34O3S.C13H30N/c1-2-3-4-5-6-7-8-9-10-11-12-13-14-15-16-20(17,18)19;1-5-6-7-8-9-10-11-12-13-14(2,3)4/h2-16H2,1H3,(H,17,18,19);5-13H2,1-4H3/q;+1/p-1. The van der Waals surface area contributed by atoms with Crippen LogP contribution in [0.2, 0.25) is 0 Å². The molecule has 0 aliphatic rings. The highest BCUT2D eigenvalue weighted by Crippen LogP contribution is 2.13. The molecule has 0 saturated carbocycles. The molecule has 0 bridgehead atoms. The topological polar surface area (TPSA) is 57.2 Å². The number of quaternary nitrogens is 1. The van der Waals surface area contributed by atoms with Crippen molar-refractivity contribution >= 4 is 10.1 Å². The van der Waals surface area contributed by atoms with Crippen molar-refractivity contribution in [1.82, 2.24) is 0 Å². The molecule has 0 aromatic rings. The predicted molar refractivity (Wildman–Crippen MR) is 150 cm³/mol. The van der Waals surface area contributed by atoms with Gasteiger partial charge in [-0.15, -0.1) is 0 Å². The maximum Gasteiger partial charge on any atom is 0.0945 e. The molecular weight excluding hydrogens is 442 g/mol. The second-order valence-corrected chi connectivity index (χ2v) is 12.9. The first kappa shape index (κ1) is 36.0. The lowest BCUT2D eigenvalue weighted by Gasteiger charge is -2.23. The summed E-state index contributed by atoms with van der Waals surface area (Å²) in [5.41, 5.74) is 0. The molecule has 5 heteroatoms. The zero-order valence-electron chi connectivity index (χ0n) is 24.1. The number of hydrogen-bond donors (Lipinski definition) is 0. The first-order valence-corrected chi connectivity index (χ1v) is 16.4. The molecule has 0 spiro atoms. The summed E-state index contributed by atoms with van der Waals surface area (Å²) in [4.78, 5) is 0. The van der Waals surface area contributed by atoms with Gasteiger partial charge >= 0.3 is 0 Å². The SMILES string of the molecule is CCCCCCCCCCCCCCCCS(=O)(=O)[O-].CCCCCCCCCC[N+](C)(C)C. The van der Waals surface area contributed by atoms with E-state index in [1.807, 2.05) is 0 Å². The Bertz CT molecular complexity index is 486. The van der Waals surface area contributed by atoms with E-state index in [0.717, 1.165) is 17.3 Å². The number of unbranched alkanes of at least 4 members (excludes halogenated alkanes) is 20. The molecule has 208 valence electrons. The van der Waals surface area contributed by atoms with Gasteiger partial charge in [0.2, 0.25) is 0 Å². The Balaban J connectivity index is 0. The van der Waals surface area contributed by atoms with Crippen molar-refractivity contribution in [2.75, 3.05) is 33.4 Å². The van der Waals surface area contributed by atoms with E-state index in [-0.39, 0.29) is 5.75 Å². The fourth-order valence-electron chi connectivity index (χ4n) is 4.19. The van der Waals surface area contributed by atoms with Crippen LogP contribution in [0, 0.1) is 0 Å². The van der Waals surface area contributed by atoms with Gasteiger partial charge in [-0.1, -0.05) is 136 Å². The first-order chi connectivity index (χ1) is 16.1. The van der Waals surface area contributed by atoms with Crippen LogP contribution in [-0.2, 0) is 10.1 Å². The highest BCUT2D eigenvalue weighted by atomic mass is 32.2.